The molecule has 2 heteroatoms. The van der Waals surface area contributed by atoms with Crippen LogP contribution in [0.4, 0.5) is 15.8 Å². The van der Waals surface area contributed by atoms with Gasteiger partial charge in [-0.05, 0) is 86.9 Å². The molecule has 0 aliphatic heterocycles. The third-order valence-electron chi connectivity index (χ3n) is 4.06. The van der Waals surface area contributed by atoms with E-state index in [1.165, 1.54) is 28.8 Å². The van der Waals surface area contributed by atoms with Crippen molar-refractivity contribution in [1.29, 1.82) is 0 Å². The normalized spacial score (nSPS) is 11.8. The second-order valence-corrected chi connectivity index (χ2v) is 5.77. The number of allylic oxidation sites excluding steroid dienone is 4. The molecule has 0 aliphatic carbocycles. The Morgan fingerprint density at radius 3 is 2.21 bits per heavy atom. The maximum atomic E-state index is 13.3. The van der Waals surface area contributed by atoms with Crippen LogP contribution < -0.4 is 4.90 Å². The molecule has 0 N–H and O–H groups in total. The van der Waals surface area contributed by atoms with Crippen molar-refractivity contribution < 1.29 is 4.39 Å². The molecule has 0 radical (unpaired) electrons. The highest BCUT2D eigenvalue weighted by molar-refractivity contribution is 5.74. The monoisotopic (exact) mass is 321 g/mol. The summed E-state index contributed by atoms with van der Waals surface area (Å²) in [4.78, 5) is 2.03. The Labute approximate surface area is 144 Å². The minimum absolute atomic E-state index is 0.245. The Kier molecular flexibility index (Phi) is 5.75. The van der Waals surface area contributed by atoms with Gasteiger partial charge in [-0.1, -0.05) is 24.8 Å². The van der Waals surface area contributed by atoms with Gasteiger partial charge in [0, 0.05) is 17.1 Å². The van der Waals surface area contributed by atoms with Crippen LogP contribution in [0.15, 0.2) is 73.0 Å². The first-order valence-corrected chi connectivity index (χ1v) is 8.09. The van der Waals surface area contributed by atoms with E-state index in [9.17, 15) is 4.39 Å². The maximum Gasteiger partial charge on any atom is 0.123 e. The van der Waals surface area contributed by atoms with Gasteiger partial charge in [0.15, 0.2) is 0 Å². The smallest absolute Gasteiger partial charge is 0.123 e. The van der Waals surface area contributed by atoms with Crippen LogP contribution in [-0.2, 0) is 0 Å². The minimum atomic E-state index is -0.245. The summed E-state index contributed by atoms with van der Waals surface area (Å²) in [5.74, 6) is -0.245. The van der Waals surface area contributed by atoms with Gasteiger partial charge in [-0.25, -0.2) is 4.39 Å². The molecule has 2 aromatic carbocycles. The van der Waals surface area contributed by atoms with Crippen molar-refractivity contribution in [2.45, 2.75) is 27.7 Å². The number of rotatable bonds is 5. The number of hydrogen-bond donors (Lipinski definition) is 0. The number of anilines is 2. The van der Waals surface area contributed by atoms with Crippen molar-refractivity contribution >= 4 is 16.9 Å². The first-order valence-electron chi connectivity index (χ1n) is 8.09. The summed E-state index contributed by atoms with van der Waals surface area (Å²) in [5, 5.41) is 0. The Hall–Kier alpha value is -2.61. The summed E-state index contributed by atoms with van der Waals surface area (Å²) in [7, 11) is 0. The highest BCUT2D eigenvalue weighted by Crippen LogP contribution is 2.32. The number of hydrogen-bond acceptors (Lipinski definition) is 1. The van der Waals surface area contributed by atoms with E-state index in [1.807, 2.05) is 30.9 Å². The lowest BCUT2D eigenvalue weighted by Gasteiger charge is -2.26. The fourth-order valence-electron chi connectivity index (χ4n) is 2.72. The Bertz CT molecular complexity index is 782. The molecule has 0 unspecified atom stereocenters. The summed E-state index contributed by atoms with van der Waals surface area (Å²) >= 11 is 0. The third kappa shape index (κ3) is 3.83. The second kappa shape index (κ2) is 7.78. The summed E-state index contributed by atoms with van der Waals surface area (Å²) in [6, 6.07) is 12.8. The molecule has 0 fully saturated rings. The lowest BCUT2D eigenvalue weighted by atomic mass is 10.0. The SMILES string of the molecule is C=C(/C=C\C)N(c1ccc(F)cc1)c1ccc(/C(C)=C/C)c(C)c1. The van der Waals surface area contributed by atoms with Crippen molar-refractivity contribution in [2.24, 2.45) is 0 Å². The van der Waals surface area contributed by atoms with Crippen LogP contribution in [0, 0.1) is 12.7 Å². The number of nitrogens with zero attached hydrogens (tertiary/aromatic N) is 1. The van der Waals surface area contributed by atoms with E-state index < -0.39 is 0 Å². The van der Waals surface area contributed by atoms with Gasteiger partial charge in [-0.2, -0.15) is 0 Å². The molecule has 0 saturated carbocycles. The van der Waals surface area contributed by atoms with E-state index in [-0.39, 0.29) is 5.82 Å². The lowest BCUT2D eigenvalue weighted by Crippen LogP contribution is -2.14. The summed E-state index contributed by atoms with van der Waals surface area (Å²) < 4.78 is 13.3. The van der Waals surface area contributed by atoms with Gasteiger partial charge in [-0.3, -0.25) is 0 Å². The van der Waals surface area contributed by atoms with Gasteiger partial charge in [-0.15, -0.1) is 0 Å². The molecular weight excluding hydrogens is 297 g/mol. The molecule has 0 saturated heterocycles. The molecule has 0 spiro atoms. The van der Waals surface area contributed by atoms with Crippen LogP contribution in [0.1, 0.15) is 31.9 Å². The molecule has 24 heavy (non-hydrogen) atoms. The molecule has 124 valence electrons. The van der Waals surface area contributed by atoms with Gasteiger partial charge in [0.2, 0.25) is 0 Å². The molecule has 2 rings (SSSR count). The Morgan fingerprint density at radius 2 is 1.67 bits per heavy atom. The van der Waals surface area contributed by atoms with Gasteiger partial charge < -0.3 is 4.90 Å². The lowest BCUT2D eigenvalue weighted by molar-refractivity contribution is 0.628. The Morgan fingerprint density at radius 1 is 1.04 bits per heavy atom. The summed E-state index contributed by atoms with van der Waals surface area (Å²) in [6.45, 7) is 12.4. The average Bonchev–Trinajstić information content (AvgIpc) is 2.56. The molecule has 1 nitrogen and oxygen atoms in total. The van der Waals surface area contributed by atoms with Gasteiger partial charge >= 0.3 is 0 Å². The topological polar surface area (TPSA) is 3.24 Å². The standard InChI is InChI=1S/C22H24FN/c1-6-8-18(5)24(20-11-9-19(23)10-12-20)21-13-14-22(16(3)7-2)17(4)15-21/h6-15H,5H2,1-4H3/b8-6-,16-7+. The highest BCUT2D eigenvalue weighted by Gasteiger charge is 2.13. The van der Waals surface area contributed by atoms with Gasteiger partial charge in [0.25, 0.3) is 0 Å². The van der Waals surface area contributed by atoms with E-state index in [0.29, 0.717) is 0 Å². The second-order valence-electron chi connectivity index (χ2n) is 5.77. The fourth-order valence-corrected chi connectivity index (χ4v) is 2.72. The molecule has 0 atom stereocenters. The van der Waals surface area contributed by atoms with E-state index in [2.05, 4.69) is 44.7 Å². The zero-order valence-electron chi connectivity index (χ0n) is 14.8. The zero-order valence-corrected chi connectivity index (χ0v) is 14.8. The average molecular weight is 321 g/mol. The minimum Gasteiger partial charge on any atom is -0.311 e. The van der Waals surface area contributed by atoms with Crippen molar-refractivity contribution in [3.63, 3.8) is 0 Å². The van der Waals surface area contributed by atoms with Crippen LogP contribution >= 0.6 is 0 Å². The van der Waals surface area contributed by atoms with Crippen LogP contribution in [0.2, 0.25) is 0 Å². The molecule has 0 aromatic heterocycles. The summed E-state index contributed by atoms with van der Waals surface area (Å²) in [6.07, 6.45) is 6.01. The van der Waals surface area contributed by atoms with Gasteiger partial charge in [0.05, 0.1) is 0 Å². The van der Waals surface area contributed by atoms with Crippen LogP contribution in [0.3, 0.4) is 0 Å². The number of halogens is 1. The quantitative estimate of drug-likeness (QED) is 0.548. The predicted octanol–water partition coefficient (Wildman–Crippen LogP) is 6.79. The number of aryl methyl sites for hydroxylation is 1. The fraction of sp³-hybridized carbons (Fsp3) is 0.182. The Balaban J connectivity index is 2.53. The zero-order chi connectivity index (χ0) is 17.7. The number of benzene rings is 2. The van der Waals surface area contributed by atoms with E-state index >= 15 is 0 Å². The van der Waals surface area contributed by atoms with Crippen LogP contribution in [-0.4, -0.2) is 0 Å². The first-order chi connectivity index (χ1) is 11.5. The van der Waals surface area contributed by atoms with Crippen LogP contribution in [0.25, 0.3) is 5.57 Å². The molecule has 2 aromatic rings. The van der Waals surface area contributed by atoms with Crippen molar-refractivity contribution in [2.75, 3.05) is 4.90 Å². The predicted molar refractivity (Wildman–Crippen MR) is 103 cm³/mol. The van der Waals surface area contributed by atoms with E-state index in [4.69, 9.17) is 0 Å². The van der Waals surface area contributed by atoms with Crippen molar-refractivity contribution in [1.82, 2.24) is 0 Å². The molecule has 0 aliphatic rings. The molecule has 0 bridgehead atoms. The summed E-state index contributed by atoms with van der Waals surface area (Å²) in [5.41, 5.74) is 6.41. The first kappa shape index (κ1) is 17.7. The highest BCUT2D eigenvalue weighted by atomic mass is 19.1. The maximum absolute atomic E-state index is 13.3. The largest absolute Gasteiger partial charge is 0.311 e. The van der Waals surface area contributed by atoms with E-state index in [0.717, 1.165) is 17.1 Å². The van der Waals surface area contributed by atoms with Crippen LogP contribution in [0.5, 0.6) is 0 Å². The third-order valence-corrected chi connectivity index (χ3v) is 4.06. The van der Waals surface area contributed by atoms with Crippen molar-refractivity contribution in [3.05, 3.63) is 89.9 Å². The van der Waals surface area contributed by atoms with Crippen molar-refractivity contribution in [3.8, 4) is 0 Å². The van der Waals surface area contributed by atoms with Gasteiger partial charge in [0.1, 0.15) is 5.82 Å². The molecule has 0 heterocycles. The molecular formula is C22H24FN. The van der Waals surface area contributed by atoms with E-state index in [1.54, 1.807) is 12.1 Å². The molecule has 0 amide bonds.